The molecule has 0 spiro atoms. The number of nitrogens with one attached hydrogen (secondary N) is 1. The highest BCUT2D eigenvalue weighted by molar-refractivity contribution is 7.89. The summed E-state index contributed by atoms with van der Waals surface area (Å²) in [7, 11) is -3.66. The molecule has 0 amide bonds. The number of rotatable bonds is 8. The van der Waals surface area contributed by atoms with Crippen LogP contribution in [0.3, 0.4) is 0 Å². The first-order chi connectivity index (χ1) is 8.90. The van der Waals surface area contributed by atoms with Gasteiger partial charge in [0, 0.05) is 25.4 Å². The number of nitrogen functional groups attached to an aromatic ring is 1. The van der Waals surface area contributed by atoms with Crippen LogP contribution in [0.4, 0.5) is 5.82 Å². The Labute approximate surface area is 113 Å². The molecule has 1 atom stereocenters. The van der Waals surface area contributed by atoms with E-state index < -0.39 is 10.0 Å². The van der Waals surface area contributed by atoms with Crippen molar-refractivity contribution in [2.24, 2.45) is 0 Å². The maximum Gasteiger partial charge on any atom is 0.246 e. The molecule has 0 saturated heterocycles. The highest BCUT2D eigenvalue weighted by Gasteiger charge is 2.22. The predicted molar refractivity (Wildman–Crippen MR) is 73.0 cm³/mol. The second-order valence-electron chi connectivity index (χ2n) is 4.53. The molecule has 0 aliphatic rings. The first kappa shape index (κ1) is 15.9. The Bertz CT molecular complexity index is 498. The lowest BCUT2D eigenvalue weighted by Gasteiger charge is -2.12. The van der Waals surface area contributed by atoms with E-state index in [1.54, 1.807) is 6.92 Å². The lowest BCUT2D eigenvalue weighted by molar-refractivity contribution is 0.279. The minimum absolute atomic E-state index is 0.00954. The van der Waals surface area contributed by atoms with E-state index in [9.17, 15) is 8.42 Å². The maximum atomic E-state index is 12.1. The molecule has 1 aromatic rings. The Morgan fingerprint density at radius 1 is 1.58 bits per heavy atom. The number of nitrogens with zero attached hydrogens (tertiary/aromatic N) is 2. The number of hydrogen-bond acceptors (Lipinski definition) is 5. The van der Waals surface area contributed by atoms with Gasteiger partial charge in [-0.2, -0.15) is 5.10 Å². The second kappa shape index (κ2) is 6.88. The predicted octanol–water partition coefficient (Wildman–Crippen LogP) is 0.315. The van der Waals surface area contributed by atoms with E-state index in [4.69, 9.17) is 10.8 Å². The number of aryl methyl sites for hydroxylation is 1. The lowest BCUT2D eigenvalue weighted by atomic mass is 10.2. The monoisotopic (exact) mass is 290 g/mol. The molecule has 1 aromatic heterocycles. The Morgan fingerprint density at radius 3 is 2.84 bits per heavy atom. The van der Waals surface area contributed by atoms with E-state index in [1.165, 1.54) is 10.9 Å². The molecule has 0 fully saturated rings. The standard InChI is InChI=1S/C11H22N4O3S/c1-3-6-15-8-10(11(12)13-15)19(17,18)14-9(2)5-4-7-16/h8-9,14,16H,3-7H2,1-2H3,(H2,12,13). The smallest absolute Gasteiger partial charge is 0.246 e. The Balaban J connectivity index is 2.82. The number of hydrogen-bond donors (Lipinski definition) is 3. The minimum Gasteiger partial charge on any atom is -0.396 e. The Hall–Kier alpha value is -1.12. The Morgan fingerprint density at radius 2 is 2.26 bits per heavy atom. The van der Waals surface area contributed by atoms with Crippen LogP contribution in [0.5, 0.6) is 0 Å². The van der Waals surface area contributed by atoms with E-state index >= 15 is 0 Å². The molecular weight excluding hydrogens is 268 g/mol. The van der Waals surface area contributed by atoms with E-state index in [-0.39, 0.29) is 23.4 Å². The molecule has 1 rings (SSSR count). The third-order valence-corrected chi connectivity index (χ3v) is 4.25. The summed E-state index contributed by atoms with van der Waals surface area (Å²) in [4.78, 5) is 0.0109. The summed E-state index contributed by atoms with van der Waals surface area (Å²) in [5.41, 5.74) is 5.64. The van der Waals surface area contributed by atoms with Crippen LogP contribution in [0, 0.1) is 0 Å². The van der Waals surface area contributed by atoms with E-state index in [2.05, 4.69) is 9.82 Å². The summed E-state index contributed by atoms with van der Waals surface area (Å²) in [6.45, 7) is 4.39. The lowest BCUT2D eigenvalue weighted by Crippen LogP contribution is -2.32. The molecule has 0 aliphatic heterocycles. The number of sulfonamides is 1. The van der Waals surface area contributed by atoms with Gasteiger partial charge in [0.25, 0.3) is 0 Å². The largest absolute Gasteiger partial charge is 0.396 e. The summed E-state index contributed by atoms with van der Waals surface area (Å²) in [5, 5.41) is 12.7. The number of aliphatic hydroxyl groups is 1. The van der Waals surface area contributed by atoms with Gasteiger partial charge in [0.2, 0.25) is 10.0 Å². The van der Waals surface area contributed by atoms with Crippen molar-refractivity contribution < 1.29 is 13.5 Å². The minimum atomic E-state index is -3.66. The van der Waals surface area contributed by atoms with Crippen molar-refractivity contribution in [3.8, 4) is 0 Å². The van der Waals surface area contributed by atoms with Gasteiger partial charge in [0.15, 0.2) is 5.82 Å². The summed E-state index contributed by atoms with van der Waals surface area (Å²) in [6, 6.07) is -0.258. The average molecular weight is 290 g/mol. The zero-order chi connectivity index (χ0) is 14.5. The van der Waals surface area contributed by atoms with E-state index in [0.717, 1.165) is 6.42 Å². The average Bonchev–Trinajstić information content (AvgIpc) is 2.68. The Kier molecular flexibility index (Phi) is 5.77. The van der Waals surface area contributed by atoms with Crippen molar-refractivity contribution in [1.29, 1.82) is 0 Å². The van der Waals surface area contributed by atoms with E-state index in [1.807, 2.05) is 6.92 Å². The van der Waals surface area contributed by atoms with Crippen LogP contribution >= 0.6 is 0 Å². The van der Waals surface area contributed by atoms with Crippen LogP contribution < -0.4 is 10.5 Å². The van der Waals surface area contributed by atoms with Crippen LogP contribution in [0.15, 0.2) is 11.1 Å². The molecule has 7 nitrogen and oxygen atoms in total. The second-order valence-corrected chi connectivity index (χ2v) is 6.21. The fourth-order valence-electron chi connectivity index (χ4n) is 1.75. The number of nitrogens with two attached hydrogens (primary N) is 1. The van der Waals surface area contributed by atoms with Gasteiger partial charge in [0.05, 0.1) is 0 Å². The van der Waals surface area contributed by atoms with Crippen LogP contribution in [0.1, 0.15) is 33.1 Å². The first-order valence-corrected chi connectivity index (χ1v) is 7.85. The van der Waals surface area contributed by atoms with Gasteiger partial charge in [-0.15, -0.1) is 0 Å². The number of aromatic nitrogens is 2. The zero-order valence-corrected chi connectivity index (χ0v) is 12.2. The quantitative estimate of drug-likeness (QED) is 0.638. The van der Waals surface area contributed by atoms with Gasteiger partial charge < -0.3 is 10.8 Å². The van der Waals surface area contributed by atoms with Gasteiger partial charge in [-0.25, -0.2) is 13.1 Å². The van der Waals surface area contributed by atoms with Gasteiger partial charge in [-0.3, -0.25) is 4.68 Å². The molecule has 4 N–H and O–H groups in total. The molecule has 1 unspecified atom stereocenters. The van der Waals surface area contributed by atoms with Gasteiger partial charge in [0.1, 0.15) is 4.90 Å². The highest BCUT2D eigenvalue weighted by Crippen LogP contribution is 2.17. The summed E-state index contributed by atoms with van der Waals surface area (Å²) in [5.74, 6) is 0.00954. The van der Waals surface area contributed by atoms with Crippen molar-refractivity contribution in [3.63, 3.8) is 0 Å². The highest BCUT2D eigenvalue weighted by atomic mass is 32.2. The van der Waals surface area contributed by atoms with Crippen LogP contribution in [-0.4, -0.2) is 36.0 Å². The molecule has 19 heavy (non-hydrogen) atoms. The fraction of sp³-hybridized carbons (Fsp3) is 0.727. The van der Waals surface area contributed by atoms with Crippen molar-refractivity contribution in [2.45, 2.75) is 50.6 Å². The van der Waals surface area contributed by atoms with Crippen molar-refractivity contribution >= 4 is 15.8 Å². The number of aliphatic hydroxyl groups excluding tert-OH is 1. The number of anilines is 1. The maximum absolute atomic E-state index is 12.1. The summed E-state index contributed by atoms with van der Waals surface area (Å²) < 4.78 is 28.3. The fourth-order valence-corrected chi connectivity index (χ4v) is 3.10. The normalized spacial score (nSPS) is 13.6. The molecule has 110 valence electrons. The summed E-state index contributed by atoms with van der Waals surface area (Å²) >= 11 is 0. The molecule has 8 heteroatoms. The molecule has 0 aliphatic carbocycles. The van der Waals surface area contributed by atoms with Gasteiger partial charge >= 0.3 is 0 Å². The van der Waals surface area contributed by atoms with Crippen molar-refractivity contribution in [3.05, 3.63) is 6.20 Å². The molecule has 0 radical (unpaired) electrons. The topological polar surface area (TPSA) is 110 Å². The first-order valence-electron chi connectivity index (χ1n) is 6.36. The van der Waals surface area contributed by atoms with Crippen LogP contribution in [0.25, 0.3) is 0 Å². The van der Waals surface area contributed by atoms with E-state index in [0.29, 0.717) is 19.4 Å². The van der Waals surface area contributed by atoms with Gasteiger partial charge in [-0.05, 0) is 26.2 Å². The molecule has 0 aromatic carbocycles. The van der Waals surface area contributed by atoms with Crippen LogP contribution in [0.2, 0.25) is 0 Å². The molecular formula is C11H22N4O3S. The SMILES string of the molecule is CCCn1cc(S(=O)(=O)NC(C)CCCO)c(N)n1. The molecule has 0 saturated carbocycles. The van der Waals surface area contributed by atoms with Crippen molar-refractivity contribution in [1.82, 2.24) is 14.5 Å². The van der Waals surface area contributed by atoms with Crippen LogP contribution in [-0.2, 0) is 16.6 Å². The third-order valence-electron chi connectivity index (χ3n) is 2.65. The van der Waals surface area contributed by atoms with Gasteiger partial charge in [-0.1, -0.05) is 6.92 Å². The third kappa shape index (κ3) is 4.48. The van der Waals surface area contributed by atoms with Crippen molar-refractivity contribution in [2.75, 3.05) is 12.3 Å². The molecule has 1 heterocycles. The molecule has 0 bridgehead atoms. The summed E-state index contributed by atoms with van der Waals surface area (Å²) in [6.07, 6.45) is 3.41. The zero-order valence-electron chi connectivity index (χ0n) is 11.3.